The molecule has 0 atom stereocenters. The molecule has 14 heavy (non-hydrogen) atoms. The highest BCUT2D eigenvalue weighted by atomic mass is 32.2. The molecule has 2 N–H and O–H groups in total. The van der Waals surface area contributed by atoms with Gasteiger partial charge in [0.05, 0.1) is 12.2 Å². The van der Waals surface area contributed by atoms with Crippen LogP contribution in [0.15, 0.2) is 6.07 Å². The third kappa shape index (κ3) is 2.65. The van der Waals surface area contributed by atoms with Crippen molar-refractivity contribution in [2.24, 2.45) is 0 Å². The Labute approximate surface area is 91.6 Å². The first-order chi connectivity index (χ1) is 6.69. The minimum atomic E-state index is -0.325. The van der Waals surface area contributed by atoms with E-state index in [1.165, 1.54) is 11.3 Å². The zero-order valence-corrected chi connectivity index (χ0v) is 9.83. The molecule has 1 aromatic rings. The number of hydrogen-bond donors (Lipinski definition) is 1. The first-order valence-corrected chi connectivity index (χ1v) is 6.44. The lowest BCUT2D eigenvalue weighted by atomic mass is 10.3. The van der Waals surface area contributed by atoms with Crippen molar-refractivity contribution in [2.45, 2.75) is 12.7 Å². The van der Waals surface area contributed by atoms with Crippen molar-refractivity contribution in [3.63, 3.8) is 0 Å². The molecule has 0 unspecified atom stereocenters. The van der Waals surface area contributed by atoms with E-state index in [-0.39, 0.29) is 5.97 Å². The van der Waals surface area contributed by atoms with Crippen LogP contribution in [0.25, 0.3) is 0 Å². The predicted octanol–water partition coefficient (Wildman–Crippen LogP) is 2.37. The van der Waals surface area contributed by atoms with Crippen molar-refractivity contribution in [3.05, 3.63) is 16.5 Å². The third-order valence-electron chi connectivity index (χ3n) is 1.59. The Balaban J connectivity index is 2.81. The van der Waals surface area contributed by atoms with Gasteiger partial charge in [0.1, 0.15) is 5.00 Å². The van der Waals surface area contributed by atoms with Gasteiger partial charge in [-0.1, -0.05) is 0 Å². The molecule has 0 spiro atoms. The number of thioether (sulfide) groups is 1. The minimum absolute atomic E-state index is 0.325. The van der Waals surface area contributed by atoms with Gasteiger partial charge in [-0.25, -0.2) is 4.79 Å². The van der Waals surface area contributed by atoms with Crippen molar-refractivity contribution in [1.82, 2.24) is 0 Å². The van der Waals surface area contributed by atoms with E-state index in [4.69, 9.17) is 10.5 Å². The van der Waals surface area contributed by atoms with E-state index in [1.54, 1.807) is 18.7 Å². The van der Waals surface area contributed by atoms with Gasteiger partial charge in [-0.3, -0.25) is 0 Å². The summed E-state index contributed by atoms with van der Waals surface area (Å²) in [5.41, 5.74) is 6.21. The monoisotopic (exact) mass is 231 g/mol. The van der Waals surface area contributed by atoms with Gasteiger partial charge in [0.2, 0.25) is 0 Å². The normalized spacial score (nSPS) is 10.1. The highest BCUT2D eigenvalue weighted by Crippen LogP contribution is 2.27. The lowest BCUT2D eigenvalue weighted by Crippen LogP contribution is -2.05. The van der Waals surface area contributed by atoms with Crippen LogP contribution >= 0.6 is 23.1 Å². The lowest BCUT2D eigenvalue weighted by molar-refractivity contribution is 0.0528. The van der Waals surface area contributed by atoms with Crippen LogP contribution in [-0.4, -0.2) is 18.8 Å². The molecule has 78 valence electrons. The van der Waals surface area contributed by atoms with Crippen LogP contribution in [0.2, 0.25) is 0 Å². The molecule has 0 aliphatic heterocycles. The molecule has 0 radical (unpaired) electrons. The SMILES string of the molecule is CCOC(=O)c1cc(CSC)sc1N. The van der Waals surface area contributed by atoms with E-state index in [0.29, 0.717) is 17.2 Å². The number of carbonyl (C=O) groups excluding carboxylic acids is 1. The topological polar surface area (TPSA) is 52.3 Å². The van der Waals surface area contributed by atoms with Crippen molar-refractivity contribution in [2.75, 3.05) is 18.6 Å². The summed E-state index contributed by atoms with van der Waals surface area (Å²) in [7, 11) is 0. The molecular formula is C9H13NO2S2. The Morgan fingerprint density at radius 1 is 1.71 bits per heavy atom. The summed E-state index contributed by atoms with van der Waals surface area (Å²) in [6.45, 7) is 2.16. The summed E-state index contributed by atoms with van der Waals surface area (Å²) in [5, 5.41) is 0.549. The van der Waals surface area contributed by atoms with E-state index < -0.39 is 0 Å². The highest BCUT2D eigenvalue weighted by Gasteiger charge is 2.14. The number of esters is 1. The number of rotatable bonds is 4. The van der Waals surface area contributed by atoms with Crippen molar-refractivity contribution in [3.8, 4) is 0 Å². The van der Waals surface area contributed by atoms with Gasteiger partial charge in [0.15, 0.2) is 0 Å². The van der Waals surface area contributed by atoms with Crippen LogP contribution < -0.4 is 5.73 Å². The predicted molar refractivity (Wildman–Crippen MR) is 61.9 cm³/mol. The summed E-state index contributed by atoms with van der Waals surface area (Å²) in [6.07, 6.45) is 2.01. The number of thiophene rings is 1. The molecule has 0 bridgehead atoms. The first-order valence-electron chi connectivity index (χ1n) is 4.23. The smallest absolute Gasteiger partial charge is 0.341 e. The highest BCUT2D eigenvalue weighted by molar-refractivity contribution is 7.97. The van der Waals surface area contributed by atoms with Crippen LogP contribution in [0.3, 0.4) is 0 Å². The molecule has 0 aliphatic carbocycles. The Morgan fingerprint density at radius 2 is 2.43 bits per heavy atom. The van der Waals surface area contributed by atoms with Crippen LogP contribution in [0.5, 0.6) is 0 Å². The van der Waals surface area contributed by atoms with Gasteiger partial charge < -0.3 is 10.5 Å². The van der Waals surface area contributed by atoms with Crippen molar-refractivity contribution < 1.29 is 9.53 Å². The van der Waals surface area contributed by atoms with E-state index in [2.05, 4.69) is 0 Å². The average molecular weight is 231 g/mol. The maximum atomic E-state index is 11.4. The molecule has 0 saturated carbocycles. The van der Waals surface area contributed by atoms with Gasteiger partial charge in [0, 0.05) is 10.6 Å². The largest absolute Gasteiger partial charge is 0.462 e. The molecule has 0 saturated heterocycles. The van der Waals surface area contributed by atoms with Crippen LogP contribution in [0.4, 0.5) is 5.00 Å². The van der Waals surface area contributed by atoms with E-state index in [1.807, 2.05) is 12.3 Å². The van der Waals surface area contributed by atoms with E-state index >= 15 is 0 Å². The second-order valence-electron chi connectivity index (χ2n) is 2.64. The molecule has 0 amide bonds. The number of nitrogen functional groups attached to an aromatic ring is 1. The van der Waals surface area contributed by atoms with Crippen molar-refractivity contribution >= 4 is 34.1 Å². The van der Waals surface area contributed by atoms with Crippen LogP contribution in [0.1, 0.15) is 22.2 Å². The minimum Gasteiger partial charge on any atom is -0.462 e. The third-order valence-corrected chi connectivity index (χ3v) is 3.34. The quantitative estimate of drug-likeness (QED) is 0.808. The van der Waals surface area contributed by atoms with Gasteiger partial charge in [-0.05, 0) is 19.2 Å². The van der Waals surface area contributed by atoms with Gasteiger partial charge in [-0.2, -0.15) is 11.8 Å². The number of ether oxygens (including phenoxy) is 1. The Bertz CT molecular complexity index is 323. The summed E-state index contributed by atoms with van der Waals surface area (Å²) in [4.78, 5) is 12.5. The molecule has 1 aromatic heterocycles. The molecule has 0 fully saturated rings. The average Bonchev–Trinajstić information content (AvgIpc) is 2.48. The fourth-order valence-corrected chi connectivity index (χ4v) is 2.71. The van der Waals surface area contributed by atoms with E-state index in [9.17, 15) is 4.79 Å². The molecular weight excluding hydrogens is 218 g/mol. The Morgan fingerprint density at radius 3 is 3.00 bits per heavy atom. The van der Waals surface area contributed by atoms with Crippen LogP contribution in [-0.2, 0) is 10.5 Å². The Hall–Kier alpha value is -0.680. The Kier molecular flexibility index (Phi) is 4.28. The van der Waals surface area contributed by atoms with Gasteiger partial charge in [-0.15, -0.1) is 11.3 Å². The van der Waals surface area contributed by atoms with Crippen molar-refractivity contribution in [1.29, 1.82) is 0 Å². The number of hydrogen-bond acceptors (Lipinski definition) is 5. The maximum Gasteiger partial charge on any atom is 0.341 e. The molecule has 5 heteroatoms. The van der Waals surface area contributed by atoms with Crippen LogP contribution in [0, 0.1) is 0 Å². The maximum absolute atomic E-state index is 11.4. The fourth-order valence-electron chi connectivity index (χ4n) is 1.04. The summed E-state index contributed by atoms with van der Waals surface area (Å²) in [5.74, 6) is 0.558. The fraction of sp³-hybridized carbons (Fsp3) is 0.444. The number of nitrogens with two attached hydrogens (primary N) is 1. The second kappa shape index (κ2) is 5.26. The molecule has 1 heterocycles. The van der Waals surface area contributed by atoms with Gasteiger partial charge >= 0.3 is 5.97 Å². The summed E-state index contributed by atoms with van der Waals surface area (Å²) in [6, 6.07) is 1.81. The zero-order valence-electron chi connectivity index (χ0n) is 8.20. The van der Waals surface area contributed by atoms with Gasteiger partial charge in [0.25, 0.3) is 0 Å². The lowest BCUT2D eigenvalue weighted by Gasteiger charge is -1.98. The zero-order chi connectivity index (χ0) is 10.6. The molecule has 3 nitrogen and oxygen atoms in total. The molecule has 1 rings (SSSR count). The summed E-state index contributed by atoms with van der Waals surface area (Å²) < 4.78 is 4.88. The number of carbonyl (C=O) groups is 1. The molecule has 0 aliphatic rings. The van der Waals surface area contributed by atoms with E-state index in [0.717, 1.165) is 10.6 Å². The first kappa shape index (κ1) is 11.4. The second-order valence-corrected chi connectivity index (χ2v) is 4.68. The summed E-state index contributed by atoms with van der Waals surface area (Å²) >= 11 is 3.15. The number of anilines is 1. The standard InChI is InChI=1S/C9H13NO2S2/c1-3-12-9(11)7-4-6(5-13-2)14-8(7)10/h4H,3,5,10H2,1-2H3. The molecule has 0 aromatic carbocycles.